The minimum absolute atomic E-state index is 0.0216. The molecule has 0 radical (unpaired) electrons. The molecule has 2 aromatic rings. The third-order valence-electron chi connectivity index (χ3n) is 2.92. The Morgan fingerprint density at radius 1 is 1.16 bits per heavy atom. The fourth-order valence-electron chi connectivity index (χ4n) is 1.62. The van der Waals surface area contributed by atoms with Gasteiger partial charge in [0.15, 0.2) is 14.5 Å². The number of imide groups is 1. The quantitative estimate of drug-likeness (QED) is 0.547. The molecule has 0 aliphatic heterocycles. The van der Waals surface area contributed by atoms with E-state index in [2.05, 4.69) is 20.8 Å². The first-order chi connectivity index (χ1) is 12.0. The molecule has 0 saturated heterocycles. The minimum Gasteiger partial charge on any atom is -0.341 e. The monoisotopic (exact) mass is 396 g/mol. The normalized spacial score (nSPS) is 11.6. The molecule has 0 unspecified atom stereocenters. The number of benzene rings is 1. The van der Waals surface area contributed by atoms with E-state index >= 15 is 0 Å². The Balaban J connectivity index is 1.84. The number of carbonyl (C=O) groups excluding carboxylic acids is 3. The number of urea groups is 1. The molecule has 2 N–H and O–H groups in total. The zero-order valence-electron chi connectivity index (χ0n) is 13.5. The van der Waals surface area contributed by atoms with E-state index in [1.165, 1.54) is 41.9 Å². The summed E-state index contributed by atoms with van der Waals surface area (Å²) in [4.78, 5) is 35.0. The number of aromatic nitrogens is 2. The maximum absolute atomic E-state index is 12.1. The largest absolute Gasteiger partial charge is 0.341 e. The highest BCUT2D eigenvalue weighted by Crippen LogP contribution is 2.31. The van der Waals surface area contributed by atoms with E-state index in [-0.39, 0.29) is 11.5 Å². The Morgan fingerprint density at radius 3 is 2.52 bits per heavy atom. The molecule has 1 aromatic heterocycles. The second-order valence-corrected chi connectivity index (χ2v) is 8.53. The van der Waals surface area contributed by atoms with E-state index in [1.807, 2.05) is 18.2 Å². The number of rotatable bonds is 7. The van der Waals surface area contributed by atoms with Gasteiger partial charge < -0.3 is 5.32 Å². The second-order valence-electron chi connectivity index (χ2n) is 4.74. The Bertz CT molecular complexity index is 751. The van der Waals surface area contributed by atoms with Crippen molar-refractivity contribution >= 4 is 52.6 Å². The summed E-state index contributed by atoms with van der Waals surface area (Å²) in [6.07, 6.45) is 0. The average Bonchev–Trinajstić information content (AvgIpc) is 3.07. The molecule has 2 rings (SSSR count). The summed E-state index contributed by atoms with van der Waals surface area (Å²) in [5.74, 6) is -0.114. The first kappa shape index (κ1) is 19.4. The Morgan fingerprint density at radius 2 is 1.84 bits per heavy atom. The van der Waals surface area contributed by atoms with Gasteiger partial charge in [0, 0.05) is 12.6 Å². The lowest BCUT2D eigenvalue weighted by Gasteiger charge is -2.08. The van der Waals surface area contributed by atoms with Gasteiger partial charge in [0.1, 0.15) is 0 Å². The van der Waals surface area contributed by atoms with Crippen LogP contribution in [0.3, 0.4) is 0 Å². The second kappa shape index (κ2) is 9.54. The lowest BCUT2D eigenvalue weighted by Crippen LogP contribution is -2.41. The van der Waals surface area contributed by atoms with Gasteiger partial charge in [-0.05, 0) is 6.92 Å². The van der Waals surface area contributed by atoms with Crippen molar-refractivity contribution in [3.63, 3.8) is 0 Å². The molecule has 1 aromatic carbocycles. The summed E-state index contributed by atoms with van der Waals surface area (Å²) in [7, 11) is 1.44. The highest BCUT2D eigenvalue weighted by atomic mass is 32.2. The van der Waals surface area contributed by atoms with Crippen LogP contribution in [0.1, 0.15) is 17.3 Å². The number of hydrogen-bond acceptors (Lipinski definition) is 8. The molecule has 0 saturated carbocycles. The number of ketones is 1. The fourth-order valence-corrected chi connectivity index (χ4v) is 4.68. The molecular formula is C15H16N4O3S3. The van der Waals surface area contributed by atoms with Crippen molar-refractivity contribution in [2.75, 3.05) is 12.8 Å². The number of amides is 3. The molecule has 0 aliphatic rings. The van der Waals surface area contributed by atoms with Gasteiger partial charge in [-0.15, -0.1) is 10.2 Å². The molecule has 7 nitrogen and oxygen atoms in total. The van der Waals surface area contributed by atoms with Crippen molar-refractivity contribution in [1.82, 2.24) is 20.8 Å². The fraction of sp³-hybridized carbons (Fsp3) is 0.267. The number of hydrogen-bond donors (Lipinski definition) is 2. The maximum atomic E-state index is 12.1. The average molecular weight is 397 g/mol. The Kier molecular flexibility index (Phi) is 7.41. The van der Waals surface area contributed by atoms with Crippen LogP contribution in [-0.2, 0) is 4.79 Å². The van der Waals surface area contributed by atoms with Crippen LogP contribution in [0, 0.1) is 0 Å². The molecule has 10 heteroatoms. The van der Waals surface area contributed by atoms with Gasteiger partial charge >= 0.3 is 6.03 Å². The Hall–Kier alpha value is -1.91. The van der Waals surface area contributed by atoms with E-state index in [0.717, 1.165) is 0 Å². The number of Topliss-reactive ketones (excluding diaryl/α,β-unsaturated/α-hetero) is 1. The predicted octanol–water partition coefficient (Wildman–Crippen LogP) is 2.45. The van der Waals surface area contributed by atoms with Gasteiger partial charge in [0.2, 0.25) is 5.91 Å². The SMILES string of the molecule is CNC(=O)NC(=O)[C@H](C)Sc1nnc(SCC(=O)c2ccccc2)s1. The van der Waals surface area contributed by atoms with E-state index < -0.39 is 17.2 Å². The van der Waals surface area contributed by atoms with Gasteiger partial charge in [0.05, 0.1) is 11.0 Å². The lowest BCUT2D eigenvalue weighted by molar-refractivity contribution is -0.119. The number of nitrogens with one attached hydrogen (secondary N) is 2. The van der Waals surface area contributed by atoms with Gasteiger partial charge in [-0.25, -0.2) is 4.79 Å². The van der Waals surface area contributed by atoms with Gasteiger partial charge in [0.25, 0.3) is 0 Å². The van der Waals surface area contributed by atoms with Crippen LogP contribution in [-0.4, -0.2) is 46.0 Å². The van der Waals surface area contributed by atoms with Crippen LogP contribution in [0.25, 0.3) is 0 Å². The van der Waals surface area contributed by atoms with Crippen molar-refractivity contribution in [3.8, 4) is 0 Å². The first-order valence-corrected chi connectivity index (χ1v) is 9.91. The summed E-state index contributed by atoms with van der Waals surface area (Å²) < 4.78 is 1.26. The third kappa shape index (κ3) is 6.15. The third-order valence-corrected chi connectivity index (χ3v) is 6.16. The van der Waals surface area contributed by atoms with Crippen molar-refractivity contribution in [3.05, 3.63) is 35.9 Å². The maximum Gasteiger partial charge on any atom is 0.321 e. The number of carbonyl (C=O) groups is 3. The Labute approximate surface area is 157 Å². The van der Waals surface area contributed by atoms with Crippen LogP contribution < -0.4 is 10.6 Å². The highest BCUT2D eigenvalue weighted by molar-refractivity contribution is 8.04. The number of thioether (sulfide) groups is 2. The smallest absolute Gasteiger partial charge is 0.321 e. The lowest BCUT2D eigenvalue weighted by atomic mass is 10.2. The van der Waals surface area contributed by atoms with Gasteiger partial charge in [-0.2, -0.15) is 0 Å². The number of nitrogens with zero attached hydrogens (tertiary/aromatic N) is 2. The van der Waals surface area contributed by atoms with Gasteiger partial charge in [-0.1, -0.05) is 65.2 Å². The molecule has 0 fully saturated rings. The first-order valence-electron chi connectivity index (χ1n) is 7.23. The molecule has 132 valence electrons. The molecular weight excluding hydrogens is 380 g/mol. The zero-order chi connectivity index (χ0) is 18.2. The van der Waals surface area contributed by atoms with Crippen LogP contribution >= 0.6 is 34.9 Å². The summed E-state index contributed by atoms with van der Waals surface area (Å²) in [5, 5.41) is 12.1. The van der Waals surface area contributed by atoms with E-state index in [0.29, 0.717) is 14.2 Å². The summed E-state index contributed by atoms with van der Waals surface area (Å²) in [5.41, 5.74) is 0.661. The molecule has 0 bridgehead atoms. The molecule has 0 spiro atoms. The summed E-state index contributed by atoms with van der Waals surface area (Å²) >= 11 is 3.83. The van der Waals surface area contributed by atoms with E-state index in [4.69, 9.17) is 0 Å². The molecule has 25 heavy (non-hydrogen) atoms. The van der Waals surface area contributed by atoms with Crippen molar-refractivity contribution in [2.45, 2.75) is 20.9 Å². The topological polar surface area (TPSA) is 101 Å². The predicted molar refractivity (Wildman–Crippen MR) is 99.3 cm³/mol. The van der Waals surface area contributed by atoms with E-state index in [9.17, 15) is 14.4 Å². The summed E-state index contributed by atoms with van der Waals surface area (Å²) in [6, 6.07) is 8.50. The van der Waals surface area contributed by atoms with Gasteiger partial charge in [-0.3, -0.25) is 14.9 Å². The van der Waals surface area contributed by atoms with Crippen LogP contribution in [0.5, 0.6) is 0 Å². The van der Waals surface area contributed by atoms with Crippen molar-refractivity contribution in [2.24, 2.45) is 0 Å². The van der Waals surface area contributed by atoms with Crippen LogP contribution in [0.15, 0.2) is 39.0 Å². The van der Waals surface area contributed by atoms with E-state index in [1.54, 1.807) is 19.1 Å². The minimum atomic E-state index is -0.551. The molecule has 3 amide bonds. The van der Waals surface area contributed by atoms with Crippen LogP contribution in [0.4, 0.5) is 4.79 Å². The molecule has 1 heterocycles. The molecule has 1 atom stereocenters. The summed E-state index contributed by atoms with van der Waals surface area (Å²) in [6.45, 7) is 1.68. The molecule has 0 aliphatic carbocycles. The zero-order valence-corrected chi connectivity index (χ0v) is 16.0. The van der Waals surface area contributed by atoms with Crippen LogP contribution in [0.2, 0.25) is 0 Å². The standard InChI is InChI=1S/C15H16N4O3S3/c1-9(12(21)17-13(22)16-2)24-15-19-18-14(25-15)23-8-11(20)10-6-4-3-5-7-10/h3-7,9H,8H2,1-2H3,(H2,16,17,21,22)/t9-/m0/s1. The van der Waals surface area contributed by atoms with Crippen molar-refractivity contribution < 1.29 is 14.4 Å². The highest BCUT2D eigenvalue weighted by Gasteiger charge is 2.19. The van der Waals surface area contributed by atoms with Crippen molar-refractivity contribution in [1.29, 1.82) is 0 Å².